The normalized spacial score (nSPS) is 11.3. The number of nitrogen functional groups attached to an aromatic ring is 1. The molecule has 0 amide bonds. The first-order valence-corrected chi connectivity index (χ1v) is 6.60. The number of hydrogen-bond acceptors (Lipinski definition) is 5. The molecule has 0 unspecified atom stereocenters. The molecule has 3 N–H and O–H groups in total. The highest BCUT2D eigenvalue weighted by atomic mass is 19.1. The van der Waals surface area contributed by atoms with Gasteiger partial charge in [0.15, 0.2) is 5.82 Å². The average molecular weight is 290 g/mol. The number of ether oxygens (including phenoxy) is 1. The minimum atomic E-state index is -0.368. The number of hydrazine groups is 1. The standard InChI is InChI=1S/C15H19FN4O/c1-9-12(20-17)18-14(15(2,3)4)19-13(9)21-11-7-5-6-10(16)8-11/h5-8H,17H2,1-4H3,(H,18,19,20). The second-order valence-corrected chi connectivity index (χ2v) is 5.78. The highest BCUT2D eigenvalue weighted by Crippen LogP contribution is 2.30. The van der Waals surface area contributed by atoms with E-state index in [1.54, 1.807) is 19.1 Å². The molecule has 0 spiro atoms. The molecule has 0 atom stereocenters. The number of anilines is 1. The molecule has 1 aromatic heterocycles. The maximum atomic E-state index is 13.2. The molecule has 1 aromatic carbocycles. The van der Waals surface area contributed by atoms with E-state index in [1.165, 1.54) is 12.1 Å². The van der Waals surface area contributed by atoms with Crippen LogP contribution in [0.25, 0.3) is 0 Å². The number of nitrogens with one attached hydrogen (secondary N) is 1. The van der Waals surface area contributed by atoms with E-state index in [2.05, 4.69) is 15.4 Å². The number of hydrogen-bond donors (Lipinski definition) is 2. The Bertz CT molecular complexity index is 653. The van der Waals surface area contributed by atoms with Gasteiger partial charge in [-0.15, -0.1) is 0 Å². The Morgan fingerprint density at radius 2 is 1.95 bits per heavy atom. The summed E-state index contributed by atoms with van der Waals surface area (Å²) in [6.45, 7) is 7.76. The summed E-state index contributed by atoms with van der Waals surface area (Å²) >= 11 is 0. The zero-order valence-corrected chi connectivity index (χ0v) is 12.6. The summed E-state index contributed by atoms with van der Waals surface area (Å²) in [6, 6.07) is 5.89. The lowest BCUT2D eigenvalue weighted by atomic mass is 9.95. The zero-order chi connectivity index (χ0) is 15.6. The van der Waals surface area contributed by atoms with E-state index in [1.807, 2.05) is 20.8 Å². The highest BCUT2D eigenvalue weighted by Gasteiger charge is 2.22. The quantitative estimate of drug-likeness (QED) is 0.670. The molecule has 2 rings (SSSR count). The number of rotatable bonds is 3. The molecule has 0 aliphatic rings. The molecule has 0 aliphatic carbocycles. The average Bonchev–Trinajstić information content (AvgIpc) is 2.40. The van der Waals surface area contributed by atoms with Crippen LogP contribution in [-0.2, 0) is 5.41 Å². The van der Waals surface area contributed by atoms with Crippen molar-refractivity contribution in [1.82, 2.24) is 9.97 Å². The fourth-order valence-corrected chi connectivity index (χ4v) is 1.71. The molecular weight excluding hydrogens is 271 g/mol. The Hall–Kier alpha value is -2.21. The van der Waals surface area contributed by atoms with Crippen LogP contribution in [0.1, 0.15) is 32.2 Å². The molecular formula is C15H19FN4O. The van der Waals surface area contributed by atoms with Crippen molar-refractivity contribution in [1.29, 1.82) is 0 Å². The van der Waals surface area contributed by atoms with E-state index in [0.29, 0.717) is 28.8 Å². The van der Waals surface area contributed by atoms with Crippen LogP contribution in [0.5, 0.6) is 11.6 Å². The molecule has 5 nitrogen and oxygen atoms in total. The molecule has 0 bridgehead atoms. The lowest BCUT2D eigenvalue weighted by Gasteiger charge is -2.20. The minimum absolute atomic E-state index is 0.265. The number of nitrogens with two attached hydrogens (primary N) is 1. The van der Waals surface area contributed by atoms with Crippen LogP contribution >= 0.6 is 0 Å². The second kappa shape index (κ2) is 5.65. The largest absolute Gasteiger partial charge is 0.438 e. The first-order chi connectivity index (χ1) is 9.81. The summed E-state index contributed by atoms with van der Waals surface area (Å²) in [7, 11) is 0. The SMILES string of the molecule is Cc1c(NN)nc(C(C)(C)C)nc1Oc1cccc(F)c1. The van der Waals surface area contributed by atoms with Gasteiger partial charge in [0.2, 0.25) is 5.88 Å². The summed E-state index contributed by atoms with van der Waals surface area (Å²) in [5, 5.41) is 0. The van der Waals surface area contributed by atoms with Gasteiger partial charge in [-0.1, -0.05) is 26.8 Å². The van der Waals surface area contributed by atoms with Crippen LogP contribution in [0.15, 0.2) is 24.3 Å². The summed E-state index contributed by atoms with van der Waals surface area (Å²) in [5.74, 6) is 6.93. The third kappa shape index (κ3) is 3.46. The van der Waals surface area contributed by atoms with Crippen molar-refractivity contribution in [3.8, 4) is 11.6 Å². The predicted molar refractivity (Wildman–Crippen MR) is 79.8 cm³/mol. The van der Waals surface area contributed by atoms with Crippen molar-refractivity contribution in [2.75, 3.05) is 5.43 Å². The van der Waals surface area contributed by atoms with Gasteiger partial charge in [0.05, 0.1) is 5.56 Å². The minimum Gasteiger partial charge on any atom is -0.438 e. The highest BCUT2D eigenvalue weighted by molar-refractivity contribution is 5.49. The molecule has 0 saturated carbocycles. The maximum Gasteiger partial charge on any atom is 0.227 e. The number of nitrogens with zero attached hydrogens (tertiary/aromatic N) is 2. The van der Waals surface area contributed by atoms with E-state index in [-0.39, 0.29) is 11.2 Å². The third-order valence-corrected chi connectivity index (χ3v) is 2.92. The molecule has 0 saturated heterocycles. The summed E-state index contributed by atoms with van der Waals surface area (Å²) in [6.07, 6.45) is 0. The van der Waals surface area contributed by atoms with Crippen molar-refractivity contribution >= 4 is 5.82 Å². The number of halogens is 1. The summed E-state index contributed by atoms with van der Waals surface area (Å²) in [5.41, 5.74) is 2.94. The van der Waals surface area contributed by atoms with E-state index in [0.717, 1.165) is 0 Å². The lowest BCUT2D eigenvalue weighted by molar-refractivity contribution is 0.439. The van der Waals surface area contributed by atoms with E-state index in [4.69, 9.17) is 10.6 Å². The first-order valence-electron chi connectivity index (χ1n) is 6.60. The van der Waals surface area contributed by atoms with Crippen molar-refractivity contribution in [3.63, 3.8) is 0 Å². The van der Waals surface area contributed by atoms with Crippen LogP contribution in [0.3, 0.4) is 0 Å². The summed E-state index contributed by atoms with van der Waals surface area (Å²) in [4.78, 5) is 8.81. The van der Waals surface area contributed by atoms with Crippen molar-refractivity contribution in [2.24, 2.45) is 5.84 Å². The van der Waals surface area contributed by atoms with Crippen LogP contribution in [0, 0.1) is 12.7 Å². The van der Waals surface area contributed by atoms with Gasteiger partial charge in [0.25, 0.3) is 0 Å². The lowest BCUT2D eigenvalue weighted by Crippen LogP contribution is -2.20. The van der Waals surface area contributed by atoms with Gasteiger partial charge in [-0.05, 0) is 19.1 Å². The van der Waals surface area contributed by atoms with Crippen LogP contribution in [-0.4, -0.2) is 9.97 Å². The van der Waals surface area contributed by atoms with Crippen LogP contribution in [0.2, 0.25) is 0 Å². The van der Waals surface area contributed by atoms with Gasteiger partial charge in [-0.25, -0.2) is 15.2 Å². The smallest absolute Gasteiger partial charge is 0.227 e. The Morgan fingerprint density at radius 3 is 2.52 bits per heavy atom. The molecule has 0 radical (unpaired) electrons. The molecule has 0 aliphatic heterocycles. The van der Waals surface area contributed by atoms with E-state index < -0.39 is 0 Å². The Morgan fingerprint density at radius 1 is 1.24 bits per heavy atom. The van der Waals surface area contributed by atoms with Crippen LogP contribution < -0.4 is 16.0 Å². The first kappa shape index (κ1) is 15.2. The van der Waals surface area contributed by atoms with Gasteiger partial charge in [0, 0.05) is 11.5 Å². The van der Waals surface area contributed by atoms with Gasteiger partial charge in [-0.3, -0.25) is 0 Å². The van der Waals surface area contributed by atoms with Gasteiger partial charge >= 0.3 is 0 Å². The fourth-order valence-electron chi connectivity index (χ4n) is 1.71. The molecule has 6 heteroatoms. The van der Waals surface area contributed by atoms with Gasteiger partial charge in [0.1, 0.15) is 17.4 Å². The summed E-state index contributed by atoms with van der Waals surface area (Å²) < 4.78 is 18.9. The molecule has 112 valence electrons. The monoisotopic (exact) mass is 290 g/mol. The molecule has 1 heterocycles. The van der Waals surface area contributed by atoms with Crippen molar-refractivity contribution in [2.45, 2.75) is 33.1 Å². The van der Waals surface area contributed by atoms with Crippen LogP contribution in [0.4, 0.5) is 10.2 Å². The Balaban J connectivity index is 2.47. The van der Waals surface area contributed by atoms with Crippen molar-refractivity contribution < 1.29 is 9.13 Å². The number of benzene rings is 1. The zero-order valence-electron chi connectivity index (χ0n) is 12.6. The third-order valence-electron chi connectivity index (χ3n) is 2.92. The molecule has 0 fully saturated rings. The Kier molecular flexibility index (Phi) is 4.09. The topological polar surface area (TPSA) is 73.1 Å². The van der Waals surface area contributed by atoms with E-state index >= 15 is 0 Å². The second-order valence-electron chi connectivity index (χ2n) is 5.78. The maximum absolute atomic E-state index is 13.2. The van der Waals surface area contributed by atoms with Crippen molar-refractivity contribution in [3.05, 3.63) is 41.5 Å². The van der Waals surface area contributed by atoms with E-state index in [9.17, 15) is 4.39 Å². The fraction of sp³-hybridized carbons (Fsp3) is 0.333. The van der Waals surface area contributed by atoms with Gasteiger partial charge < -0.3 is 10.2 Å². The predicted octanol–water partition coefficient (Wildman–Crippen LogP) is 3.30. The Labute approximate surface area is 123 Å². The van der Waals surface area contributed by atoms with Gasteiger partial charge in [-0.2, -0.15) is 4.98 Å². The molecule has 2 aromatic rings. The number of aromatic nitrogens is 2. The molecule has 21 heavy (non-hydrogen) atoms.